The Morgan fingerprint density at radius 3 is 2.50 bits per heavy atom. The molecule has 0 radical (unpaired) electrons. The van der Waals surface area contributed by atoms with E-state index in [2.05, 4.69) is 40.5 Å². The van der Waals surface area contributed by atoms with Gasteiger partial charge >= 0.3 is 6.18 Å². The number of likely N-dealkylation sites (tertiary alicyclic amines) is 1. The predicted molar refractivity (Wildman–Crippen MR) is 142 cm³/mol. The van der Waals surface area contributed by atoms with Gasteiger partial charge in [0, 0.05) is 62.3 Å². The molecule has 4 aliphatic heterocycles. The lowest BCUT2D eigenvalue weighted by molar-refractivity contribution is -0.161. The van der Waals surface area contributed by atoms with Gasteiger partial charge in [-0.05, 0) is 42.8 Å². The molecule has 0 unspecified atom stereocenters. The van der Waals surface area contributed by atoms with Crippen LogP contribution in [-0.2, 0) is 13.1 Å². The van der Waals surface area contributed by atoms with Gasteiger partial charge in [-0.15, -0.1) is 10.2 Å². The fourth-order valence-corrected chi connectivity index (χ4v) is 6.70. The maximum absolute atomic E-state index is 12.8. The van der Waals surface area contributed by atoms with Gasteiger partial charge in [0.25, 0.3) is 0 Å². The molecule has 0 atom stereocenters. The van der Waals surface area contributed by atoms with Crippen molar-refractivity contribution in [2.24, 2.45) is 5.41 Å². The minimum atomic E-state index is -4.19. The Bertz CT molecular complexity index is 1510. The van der Waals surface area contributed by atoms with Crippen LogP contribution in [0.1, 0.15) is 22.6 Å². The summed E-state index contributed by atoms with van der Waals surface area (Å²) >= 11 is 6.37. The number of aromatic nitrogens is 4. The van der Waals surface area contributed by atoms with Crippen molar-refractivity contribution < 1.29 is 13.2 Å². The van der Waals surface area contributed by atoms with Gasteiger partial charge < -0.3 is 9.80 Å². The zero-order valence-corrected chi connectivity index (χ0v) is 22.6. The molecule has 4 aliphatic rings. The lowest BCUT2D eigenvalue weighted by Gasteiger charge is -2.60. The number of nitrogens with zero attached hydrogens (tertiary/aromatic N) is 9. The first-order chi connectivity index (χ1) is 19.1. The summed E-state index contributed by atoms with van der Waals surface area (Å²) in [5.74, 6) is 2.45. The van der Waals surface area contributed by atoms with Crippen LogP contribution in [0.3, 0.4) is 0 Å². The second-order valence-corrected chi connectivity index (χ2v) is 12.0. The lowest BCUT2D eigenvalue weighted by Crippen LogP contribution is -2.73. The van der Waals surface area contributed by atoms with E-state index < -0.39 is 12.7 Å². The standard InChI is InChI=1S/C27H27ClF3N9/c1-17-18(7-32)2-5-23(33-17)38-12-26(13-38)14-39(15-26)25-35-34-24-11-37(21-9-36(10-21)16-27(29,30)31)8-19-6-20(28)3-4-22(19)40(24)25/h2-6,21H,8-16H2,1H3. The molecule has 6 heterocycles. The Hall–Kier alpha value is -3.40. The maximum Gasteiger partial charge on any atom is 0.401 e. The average Bonchev–Trinajstić information content (AvgIpc) is 3.14. The van der Waals surface area contributed by atoms with Crippen molar-refractivity contribution >= 4 is 23.4 Å². The minimum absolute atomic E-state index is 0.00795. The molecular weight excluding hydrogens is 543 g/mol. The van der Waals surface area contributed by atoms with E-state index in [4.69, 9.17) is 11.6 Å². The highest BCUT2D eigenvalue weighted by molar-refractivity contribution is 6.30. The van der Waals surface area contributed by atoms with Crippen molar-refractivity contribution in [1.82, 2.24) is 29.5 Å². The molecule has 0 N–H and O–H groups in total. The van der Waals surface area contributed by atoms with Gasteiger partial charge in [-0.3, -0.25) is 14.4 Å². The van der Waals surface area contributed by atoms with Crippen molar-refractivity contribution in [2.75, 3.05) is 55.6 Å². The van der Waals surface area contributed by atoms with Crippen LogP contribution < -0.4 is 9.80 Å². The van der Waals surface area contributed by atoms with Gasteiger partial charge in [-0.2, -0.15) is 18.4 Å². The predicted octanol–water partition coefficient (Wildman–Crippen LogP) is 3.38. The van der Waals surface area contributed by atoms with Crippen LogP contribution in [0.5, 0.6) is 0 Å². The highest BCUT2D eigenvalue weighted by Gasteiger charge is 2.53. The first-order valence-electron chi connectivity index (χ1n) is 13.2. The van der Waals surface area contributed by atoms with Crippen LogP contribution in [0.2, 0.25) is 5.02 Å². The topological polar surface area (TPSA) is 80.4 Å². The molecule has 9 nitrogen and oxygen atoms in total. The van der Waals surface area contributed by atoms with Crippen molar-refractivity contribution in [3.05, 3.63) is 58.0 Å². The third kappa shape index (κ3) is 4.36. The molecule has 40 heavy (non-hydrogen) atoms. The van der Waals surface area contributed by atoms with E-state index in [1.807, 2.05) is 37.3 Å². The van der Waals surface area contributed by atoms with Crippen LogP contribution in [0.25, 0.3) is 5.69 Å². The van der Waals surface area contributed by atoms with Gasteiger partial charge in [-0.1, -0.05) is 11.6 Å². The number of fused-ring (bicyclic) bond motifs is 3. The Balaban J connectivity index is 1.08. The highest BCUT2D eigenvalue weighted by atomic mass is 35.5. The summed E-state index contributed by atoms with van der Waals surface area (Å²) in [7, 11) is 0. The second kappa shape index (κ2) is 9.06. The highest BCUT2D eigenvalue weighted by Crippen LogP contribution is 2.44. The number of benzene rings is 1. The van der Waals surface area contributed by atoms with Gasteiger partial charge in [0.05, 0.1) is 30.0 Å². The van der Waals surface area contributed by atoms with E-state index in [1.165, 1.54) is 4.90 Å². The first kappa shape index (κ1) is 25.6. The molecule has 7 rings (SSSR count). The molecule has 0 amide bonds. The zero-order chi connectivity index (χ0) is 27.8. The van der Waals surface area contributed by atoms with Crippen molar-refractivity contribution in [1.29, 1.82) is 5.26 Å². The number of alkyl halides is 3. The van der Waals surface area contributed by atoms with Gasteiger partial charge in [0.15, 0.2) is 5.82 Å². The summed E-state index contributed by atoms with van der Waals surface area (Å²) in [6.07, 6.45) is -4.19. The van der Waals surface area contributed by atoms with Gasteiger partial charge in [0.2, 0.25) is 5.95 Å². The zero-order valence-electron chi connectivity index (χ0n) is 21.9. The number of hydrogen-bond donors (Lipinski definition) is 0. The minimum Gasteiger partial charge on any atom is -0.355 e. The molecule has 0 aliphatic carbocycles. The van der Waals surface area contributed by atoms with E-state index in [0.29, 0.717) is 36.8 Å². The summed E-state index contributed by atoms with van der Waals surface area (Å²) in [6, 6.07) is 11.7. The van der Waals surface area contributed by atoms with Crippen LogP contribution >= 0.6 is 11.6 Å². The summed E-state index contributed by atoms with van der Waals surface area (Å²) in [4.78, 5) is 12.7. The molecule has 1 spiro atoms. The molecular formula is C27H27ClF3N9. The van der Waals surface area contributed by atoms with Crippen LogP contribution in [-0.4, -0.2) is 87.6 Å². The normalized spacial score (nSPS) is 20.7. The average molecular weight is 570 g/mol. The molecule has 2 aromatic heterocycles. The second-order valence-electron chi connectivity index (χ2n) is 11.5. The quantitative estimate of drug-likeness (QED) is 0.473. The molecule has 1 aromatic carbocycles. The SMILES string of the molecule is Cc1nc(N2CC3(C2)CN(c2nnc4n2-c2ccc(Cl)cc2CN(C2CN(CC(F)(F)F)C2)C4)C3)ccc1C#N. The molecule has 3 saturated heterocycles. The number of halogens is 4. The third-order valence-electron chi connectivity index (χ3n) is 8.47. The summed E-state index contributed by atoms with van der Waals surface area (Å²) < 4.78 is 40.6. The Labute approximate surface area is 234 Å². The number of anilines is 2. The van der Waals surface area contributed by atoms with E-state index in [-0.39, 0.29) is 11.5 Å². The lowest BCUT2D eigenvalue weighted by atomic mass is 9.73. The smallest absolute Gasteiger partial charge is 0.355 e. The van der Waals surface area contributed by atoms with E-state index in [9.17, 15) is 18.4 Å². The van der Waals surface area contributed by atoms with Crippen LogP contribution in [0, 0.1) is 23.7 Å². The summed E-state index contributed by atoms with van der Waals surface area (Å²) in [6.45, 7) is 6.27. The van der Waals surface area contributed by atoms with Crippen molar-refractivity contribution in [2.45, 2.75) is 32.2 Å². The third-order valence-corrected chi connectivity index (χ3v) is 8.71. The van der Waals surface area contributed by atoms with E-state index in [0.717, 1.165) is 60.7 Å². The Morgan fingerprint density at radius 1 is 1.05 bits per heavy atom. The number of nitriles is 1. The Morgan fingerprint density at radius 2 is 1.80 bits per heavy atom. The molecule has 208 valence electrons. The number of pyridine rings is 1. The number of rotatable bonds is 4. The molecule has 0 bridgehead atoms. The van der Waals surface area contributed by atoms with E-state index >= 15 is 0 Å². The fourth-order valence-electron chi connectivity index (χ4n) is 6.50. The molecule has 3 aromatic rings. The van der Waals surface area contributed by atoms with Crippen molar-refractivity contribution in [3.63, 3.8) is 0 Å². The van der Waals surface area contributed by atoms with E-state index in [1.54, 1.807) is 0 Å². The van der Waals surface area contributed by atoms with Gasteiger partial charge in [-0.25, -0.2) is 4.98 Å². The number of hydrogen-bond acceptors (Lipinski definition) is 8. The van der Waals surface area contributed by atoms with Crippen LogP contribution in [0.15, 0.2) is 30.3 Å². The summed E-state index contributed by atoms with van der Waals surface area (Å²) in [5, 5.41) is 18.9. The largest absolute Gasteiger partial charge is 0.401 e. The van der Waals surface area contributed by atoms with Crippen molar-refractivity contribution in [3.8, 4) is 11.8 Å². The molecule has 3 fully saturated rings. The van der Waals surface area contributed by atoms with Crippen LogP contribution in [0.4, 0.5) is 24.9 Å². The molecule has 0 saturated carbocycles. The van der Waals surface area contributed by atoms with Gasteiger partial charge in [0.1, 0.15) is 11.9 Å². The number of aryl methyl sites for hydroxylation is 1. The Kier molecular flexibility index (Phi) is 5.79. The summed E-state index contributed by atoms with van der Waals surface area (Å²) in [5.41, 5.74) is 3.46. The molecule has 13 heteroatoms. The fraction of sp³-hybridized carbons (Fsp3) is 0.481. The first-order valence-corrected chi connectivity index (χ1v) is 13.6. The monoisotopic (exact) mass is 569 g/mol. The maximum atomic E-state index is 12.8.